The SMILES string of the molecule is O=CC1=Cc2ccccc2CCC1. The summed E-state index contributed by atoms with van der Waals surface area (Å²) >= 11 is 0. The molecule has 1 aliphatic rings. The quantitative estimate of drug-likeness (QED) is 0.595. The summed E-state index contributed by atoms with van der Waals surface area (Å²) < 4.78 is 0. The third-order valence-corrected chi connectivity index (χ3v) is 2.46. The molecule has 0 spiro atoms. The molecule has 66 valence electrons. The topological polar surface area (TPSA) is 17.1 Å². The lowest BCUT2D eigenvalue weighted by atomic mass is 10.1. The van der Waals surface area contributed by atoms with Gasteiger partial charge in [-0.15, -0.1) is 0 Å². The van der Waals surface area contributed by atoms with Crippen molar-refractivity contribution in [3.63, 3.8) is 0 Å². The zero-order valence-corrected chi connectivity index (χ0v) is 7.49. The highest BCUT2D eigenvalue weighted by atomic mass is 16.1. The average molecular weight is 172 g/mol. The van der Waals surface area contributed by atoms with E-state index in [2.05, 4.69) is 18.2 Å². The zero-order chi connectivity index (χ0) is 9.10. The highest BCUT2D eigenvalue weighted by Crippen LogP contribution is 2.21. The van der Waals surface area contributed by atoms with Gasteiger partial charge in [0.05, 0.1) is 0 Å². The lowest BCUT2D eigenvalue weighted by molar-refractivity contribution is -0.105. The number of aryl methyl sites for hydroxylation is 1. The molecule has 0 aromatic heterocycles. The maximum absolute atomic E-state index is 10.7. The highest BCUT2D eigenvalue weighted by Gasteiger charge is 2.06. The average Bonchev–Trinajstić information content (AvgIpc) is 2.38. The maximum atomic E-state index is 10.7. The molecule has 0 fully saturated rings. The van der Waals surface area contributed by atoms with Crippen molar-refractivity contribution in [3.8, 4) is 0 Å². The summed E-state index contributed by atoms with van der Waals surface area (Å²) in [6.45, 7) is 0. The molecule has 1 nitrogen and oxygen atoms in total. The number of aldehydes is 1. The van der Waals surface area contributed by atoms with Crippen LogP contribution in [0.1, 0.15) is 24.0 Å². The first-order chi connectivity index (χ1) is 6.40. The highest BCUT2D eigenvalue weighted by molar-refractivity contribution is 5.82. The van der Waals surface area contributed by atoms with Gasteiger partial charge in [0.2, 0.25) is 0 Å². The van der Waals surface area contributed by atoms with Crippen LogP contribution in [-0.2, 0) is 11.2 Å². The summed E-state index contributed by atoms with van der Waals surface area (Å²) in [5, 5.41) is 0. The van der Waals surface area contributed by atoms with Gasteiger partial charge in [0.15, 0.2) is 0 Å². The van der Waals surface area contributed by atoms with Crippen molar-refractivity contribution >= 4 is 12.4 Å². The monoisotopic (exact) mass is 172 g/mol. The van der Waals surface area contributed by atoms with Crippen LogP contribution in [-0.4, -0.2) is 6.29 Å². The Morgan fingerprint density at radius 2 is 2.00 bits per heavy atom. The van der Waals surface area contributed by atoms with E-state index in [1.807, 2.05) is 12.1 Å². The molecular formula is C12H12O. The minimum Gasteiger partial charge on any atom is -0.298 e. The number of hydrogen-bond donors (Lipinski definition) is 0. The number of fused-ring (bicyclic) bond motifs is 1. The van der Waals surface area contributed by atoms with Crippen LogP contribution in [0.5, 0.6) is 0 Å². The lowest BCUT2D eigenvalue weighted by Gasteiger charge is -2.00. The van der Waals surface area contributed by atoms with Crippen LogP contribution in [0.2, 0.25) is 0 Å². The minimum atomic E-state index is 0.915. The molecule has 0 aliphatic heterocycles. The van der Waals surface area contributed by atoms with Crippen LogP contribution in [0.15, 0.2) is 29.8 Å². The first-order valence-electron chi connectivity index (χ1n) is 4.64. The molecule has 1 aromatic rings. The van der Waals surface area contributed by atoms with E-state index in [-0.39, 0.29) is 0 Å². The molecule has 0 bridgehead atoms. The van der Waals surface area contributed by atoms with E-state index in [0.717, 1.165) is 31.1 Å². The van der Waals surface area contributed by atoms with Crippen molar-refractivity contribution in [3.05, 3.63) is 41.0 Å². The Morgan fingerprint density at radius 3 is 2.85 bits per heavy atom. The van der Waals surface area contributed by atoms with Gasteiger partial charge in [0, 0.05) is 0 Å². The van der Waals surface area contributed by atoms with E-state index in [1.165, 1.54) is 11.1 Å². The number of allylic oxidation sites excluding steroid dienone is 1. The normalized spacial score (nSPS) is 15.5. The second kappa shape index (κ2) is 3.56. The fraction of sp³-hybridized carbons (Fsp3) is 0.250. The summed E-state index contributed by atoms with van der Waals surface area (Å²) in [6.07, 6.45) is 6.07. The van der Waals surface area contributed by atoms with Crippen molar-refractivity contribution in [2.75, 3.05) is 0 Å². The smallest absolute Gasteiger partial charge is 0.146 e. The van der Waals surface area contributed by atoms with E-state index in [9.17, 15) is 4.79 Å². The Bertz CT molecular complexity index is 350. The number of rotatable bonds is 1. The van der Waals surface area contributed by atoms with Crippen LogP contribution in [0.25, 0.3) is 6.08 Å². The number of carbonyl (C=O) groups excluding carboxylic acids is 1. The molecule has 0 atom stereocenters. The molecule has 0 radical (unpaired) electrons. The van der Waals surface area contributed by atoms with Crippen LogP contribution in [0.3, 0.4) is 0 Å². The molecule has 0 saturated carbocycles. The van der Waals surface area contributed by atoms with Crippen molar-refractivity contribution in [2.45, 2.75) is 19.3 Å². The van der Waals surface area contributed by atoms with Crippen LogP contribution in [0.4, 0.5) is 0 Å². The van der Waals surface area contributed by atoms with Gasteiger partial charge in [-0.3, -0.25) is 4.79 Å². The van der Waals surface area contributed by atoms with Gasteiger partial charge in [-0.2, -0.15) is 0 Å². The fourth-order valence-corrected chi connectivity index (χ4v) is 1.75. The number of hydrogen-bond acceptors (Lipinski definition) is 1. The van der Waals surface area contributed by atoms with Crippen LogP contribution < -0.4 is 0 Å². The number of benzene rings is 1. The van der Waals surface area contributed by atoms with Gasteiger partial charge >= 0.3 is 0 Å². The molecule has 0 N–H and O–H groups in total. The lowest BCUT2D eigenvalue weighted by Crippen LogP contribution is -1.85. The first-order valence-corrected chi connectivity index (χ1v) is 4.64. The first kappa shape index (κ1) is 8.24. The summed E-state index contributed by atoms with van der Waals surface area (Å²) in [4.78, 5) is 10.7. The molecule has 1 heteroatoms. The van der Waals surface area contributed by atoms with E-state index in [4.69, 9.17) is 0 Å². The Morgan fingerprint density at radius 1 is 1.15 bits per heavy atom. The van der Waals surface area contributed by atoms with Crippen LogP contribution >= 0.6 is 0 Å². The Hall–Kier alpha value is -1.37. The summed E-state index contributed by atoms with van der Waals surface area (Å²) in [6, 6.07) is 8.28. The predicted octanol–water partition coefficient (Wildman–Crippen LogP) is 2.61. The fourth-order valence-electron chi connectivity index (χ4n) is 1.75. The summed E-state index contributed by atoms with van der Waals surface area (Å²) in [7, 11) is 0. The maximum Gasteiger partial charge on any atom is 0.146 e. The van der Waals surface area contributed by atoms with Crippen LogP contribution in [0, 0.1) is 0 Å². The molecule has 1 aliphatic carbocycles. The number of carbonyl (C=O) groups is 1. The van der Waals surface area contributed by atoms with Crippen molar-refractivity contribution in [1.29, 1.82) is 0 Å². The molecule has 0 saturated heterocycles. The summed E-state index contributed by atoms with van der Waals surface area (Å²) in [5.41, 5.74) is 3.49. The van der Waals surface area contributed by atoms with E-state index in [0.29, 0.717) is 0 Å². The molecule has 0 heterocycles. The molecule has 2 rings (SSSR count). The molecular weight excluding hydrogens is 160 g/mol. The second-order valence-corrected chi connectivity index (χ2v) is 3.39. The second-order valence-electron chi connectivity index (χ2n) is 3.39. The van der Waals surface area contributed by atoms with Crippen molar-refractivity contribution in [2.24, 2.45) is 0 Å². The van der Waals surface area contributed by atoms with Gasteiger partial charge in [0.1, 0.15) is 6.29 Å². The van der Waals surface area contributed by atoms with E-state index in [1.54, 1.807) is 0 Å². The van der Waals surface area contributed by atoms with Crippen molar-refractivity contribution in [1.82, 2.24) is 0 Å². The standard InChI is InChI=1S/C12H12O/c13-9-10-4-3-7-11-5-1-2-6-12(11)8-10/h1-2,5-6,8-9H,3-4,7H2. The van der Waals surface area contributed by atoms with Gasteiger partial charge < -0.3 is 0 Å². The minimum absolute atomic E-state index is 0.915. The van der Waals surface area contributed by atoms with E-state index >= 15 is 0 Å². The molecule has 0 amide bonds. The van der Waals surface area contributed by atoms with Gasteiger partial charge in [-0.25, -0.2) is 0 Å². The van der Waals surface area contributed by atoms with E-state index < -0.39 is 0 Å². The third kappa shape index (κ3) is 1.69. The molecule has 0 unspecified atom stereocenters. The third-order valence-electron chi connectivity index (χ3n) is 2.46. The Balaban J connectivity index is 2.45. The Labute approximate surface area is 78.1 Å². The largest absolute Gasteiger partial charge is 0.298 e. The summed E-state index contributed by atoms with van der Waals surface area (Å²) in [5.74, 6) is 0. The predicted molar refractivity (Wildman–Crippen MR) is 53.4 cm³/mol. The molecule has 13 heavy (non-hydrogen) atoms. The van der Waals surface area contributed by atoms with Gasteiger partial charge in [-0.05, 0) is 42.0 Å². The zero-order valence-electron chi connectivity index (χ0n) is 7.49. The van der Waals surface area contributed by atoms with Gasteiger partial charge in [-0.1, -0.05) is 24.3 Å². The van der Waals surface area contributed by atoms with Gasteiger partial charge in [0.25, 0.3) is 0 Å². The van der Waals surface area contributed by atoms with Crippen molar-refractivity contribution < 1.29 is 4.79 Å². The Kier molecular flexibility index (Phi) is 2.26. The molecule has 1 aromatic carbocycles.